The van der Waals surface area contributed by atoms with E-state index in [0.717, 1.165) is 6.42 Å². The normalized spacial score (nSPS) is 12.6. The van der Waals surface area contributed by atoms with Crippen molar-refractivity contribution in [3.8, 4) is 0 Å². The summed E-state index contributed by atoms with van der Waals surface area (Å²) in [7, 11) is 0. The van der Waals surface area contributed by atoms with Crippen LogP contribution in [0.2, 0.25) is 0 Å². The molecule has 2 N–H and O–H groups in total. The van der Waals surface area contributed by atoms with E-state index in [4.69, 9.17) is 5.11 Å². The maximum Gasteiger partial charge on any atom is 0.230 e. The Hall–Kier alpha value is -0.220. The van der Waals surface area contributed by atoms with Crippen molar-refractivity contribution in [3.63, 3.8) is 0 Å². The first-order chi connectivity index (χ1) is 5.24. The molecule has 3 nitrogen and oxygen atoms in total. The van der Waals surface area contributed by atoms with Gasteiger partial charge in [-0.1, -0.05) is 6.92 Å². The largest absolute Gasteiger partial charge is 0.394 e. The van der Waals surface area contributed by atoms with Crippen molar-refractivity contribution in [1.29, 1.82) is 0 Å². The molecule has 0 unspecified atom stereocenters. The van der Waals surface area contributed by atoms with Gasteiger partial charge >= 0.3 is 0 Å². The van der Waals surface area contributed by atoms with Gasteiger partial charge in [0.15, 0.2) is 0 Å². The van der Waals surface area contributed by atoms with Crippen LogP contribution in [0.4, 0.5) is 0 Å². The predicted molar refractivity (Wildman–Crippen MR) is 47.7 cm³/mol. The number of amides is 1. The van der Waals surface area contributed by atoms with Gasteiger partial charge in [0.05, 0.1) is 18.4 Å². The second-order valence-electron chi connectivity index (χ2n) is 2.29. The molecule has 0 saturated carbocycles. The van der Waals surface area contributed by atoms with E-state index in [1.165, 1.54) is 11.8 Å². The molecule has 0 fully saturated rings. The van der Waals surface area contributed by atoms with Crippen molar-refractivity contribution in [3.05, 3.63) is 0 Å². The Bertz CT molecular complexity index is 115. The molecule has 0 aromatic heterocycles. The van der Waals surface area contributed by atoms with Crippen LogP contribution < -0.4 is 5.32 Å². The zero-order chi connectivity index (χ0) is 8.69. The summed E-state index contributed by atoms with van der Waals surface area (Å²) < 4.78 is 0. The summed E-state index contributed by atoms with van der Waals surface area (Å²) in [5, 5.41) is 11.4. The Labute approximate surface area is 71.6 Å². The average molecular weight is 177 g/mol. The van der Waals surface area contributed by atoms with E-state index in [1.807, 2.05) is 13.2 Å². The minimum Gasteiger partial charge on any atom is -0.394 e. The van der Waals surface area contributed by atoms with Crippen molar-refractivity contribution >= 4 is 17.7 Å². The number of thioether (sulfide) groups is 1. The van der Waals surface area contributed by atoms with Gasteiger partial charge < -0.3 is 10.4 Å². The molecule has 4 heteroatoms. The van der Waals surface area contributed by atoms with Crippen LogP contribution in [-0.2, 0) is 4.79 Å². The lowest BCUT2D eigenvalue weighted by Gasteiger charge is -2.12. The van der Waals surface area contributed by atoms with Crippen LogP contribution in [0.3, 0.4) is 0 Å². The van der Waals surface area contributed by atoms with E-state index in [9.17, 15) is 4.79 Å². The van der Waals surface area contributed by atoms with Crippen LogP contribution in [0.1, 0.15) is 13.3 Å². The quantitative estimate of drug-likeness (QED) is 0.632. The Morgan fingerprint density at radius 3 is 2.73 bits per heavy atom. The minimum atomic E-state index is -0.0744. The second-order valence-corrected chi connectivity index (χ2v) is 3.15. The zero-order valence-corrected chi connectivity index (χ0v) is 7.78. The van der Waals surface area contributed by atoms with Crippen molar-refractivity contribution in [2.24, 2.45) is 0 Å². The zero-order valence-electron chi connectivity index (χ0n) is 6.96. The number of hydrogen-bond donors (Lipinski definition) is 2. The summed E-state index contributed by atoms with van der Waals surface area (Å²) in [4.78, 5) is 10.9. The average Bonchev–Trinajstić information content (AvgIpc) is 2.01. The first-order valence-corrected chi connectivity index (χ1v) is 5.03. The van der Waals surface area contributed by atoms with E-state index in [0.29, 0.717) is 5.75 Å². The highest BCUT2D eigenvalue weighted by atomic mass is 32.2. The van der Waals surface area contributed by atoms with Gasteiger partial charge in [-0.05, 0) is 12.7 Å². The lowest BCUT2D eigenvalue weighted by Crippen LogP contribution is -2.37. The Morgan fingerprint density at radius 2 is 2.36 bits per heavy atom. The molecule has 66 valence electrons. The second kappa shape index (κ2) is 6.49. The van der Waals surface area contributed by atoms with Crippen LogP contribution >= 0.6 is 11.8 Å². The Morgan fingerprint density at radius 1 is 1.73 bits per heavy atom. The van der Waals surface area contributed by atoms with Gasteiger partial charge in [-0.25, -0.2) is 0 Å². The first kappa shape index (κ1) is 10.8. The topological polar surface area (TPSA) is 49.3 Å². The van der Waals surface area contributed by atoms with Crippen LogP contribution in [-0.4, -0.2) is 35.7 Å². The third kappa shape index (κ3) is 5.09. The highest BCUT2D eigenvalue weighted by Gasteiger charge is 2.07. The molecular formula is C7H15NO2S. The fourth-order valence-electron chi connectivity index (χ4n) is 0.677. The molecule has 0 radical (unpaired) electrons. The summed E-state index contributed by atoms with van der Waals surface area (Å²) in [6, 6.07) is -0.0744. The third-order valence-corrected chi connectivity index (χ3v) is 1.90. The molecule has 0 spiro atoms. The first-order valence-electron chi connectivity index (χ1n) is 3.63. The number of aliphatic hydroxyl groups is 1. The lowest BCUT2D eigenvalue weighted by atomic mass is 10.2. The molecular weight excluding hydrogens is 162 g/mol. The smallest absolute Gasteiger partial charge is 0.230 e. The van der Waals surface area contributed by atoms with Crippen molar-refractivity contribution < 1.29 is 9.90 Å². The summed E-state index contributed by atoms with van der Waals surface area (Å²) in [5.74, 6) is 0.467. The van der Waals surface area contributed by atoms with Gasteiger partial charge in [0, 0.05) is 0 Å². The summed E-state index contributed by atoms with van der Waals surface area (Å²) in [6.45, 7) is 1.96. The van der Waals surface area contributed by atoms with Gasteiger partial charge in [-0.2, -0.15) is 11.8 Å². The highest BCUT2D eigenvalue weighted by molar-refractivity contribution is 7.99. The fourth-order valence-corrected chi connectivity index (χ4v) is 1.02. The molecule has 0 aliphatic heterocycles. The number of carbonyl (C=O) groups is 1. The van der Waals surface area contributed by atoms with Crippen molar-refractivity contribution in [2.45, 2.75) is 19.4 Å². The van der Waals surface area contributed by atoms with E-state index in [2.05, 4.69) is 5.32 Å². The molecule has 0 aliphatic rings. The van der Waals surface area contributed by atoms with Crippen LogP contribution in [0.25, 0.3) is 0 Å². The van der Waals surface area contributed by atoms with E-state index >= 15 is 0 Å². The molecule has 0 aromatic carbocycles. The van der Waals surface area contributed by atoms with E-state index in [1.54, 1.807) is 0 Å². The standard InChI is InChI=1S/C7H15NO2S/c1-3-6(4-9)8-7(10)5-11-2/h6,9H,3-5H2,1-2H3,(H,8,10)/t6-/m0/s1. The number of nitrogens with one attached hydrogen (secondary N) is 1. The third-order valence-electron chi connectivity index (χ3n) is 1.35. The molecule has 0 aliphatic carbocycles. The van der Waals surface area contributed by atoms with Crippen LogP contribution in [0.15, 0.2) is 0 Å². The molecule has 0 saturated heterocycles. The van der Waals surface area contributed by atoms with E-state index < -0.39 is 0 Å². The van der Waals surface area contributed by atoms with Gasteiger partial charge in [-0.3, -0.25) is 4.79 Å². The van der Waals surface area contributed by atoms with Crippen molar-refractivity contribution in [1.82, 2.24) is 5.32 Å². The molecule has 0 heterocycles. The van der Waals surface area contributed by atoms with Gasteiger partial charge in [-0.15, -0.1) is 0 Å². The molecule has 1 amide bonds. The number of aliphatic hydroxyl groups excluding tert-OH is 1. The highest BCUT2D eigenvalue weighted by Crippen LogP contribution is 1.93. The lowest BCUT2D eigenvalue weighted by molar-refractivity contribution is -0.119. The Balaban J connectivity index is 3.54. The monoisotopic (exact) mass is 177 g/mol. The molecule has 1 atom stereocenters. The molecule has 11 heavy (non-hydrogen) atoms. The molecule has 0 bridgehead atoms. The summed E-state index contributed by atoms with van der Waals surface area (Å²) >= 11 is 1.48. The minimum absolute atomic E-state index is 0.00148. The maximum atomic E-state index is 10.9. The van der Waals surface area contributed by atoms with Gasteiger partial charge in [0.1, 0.15) is 0 Å². The Kier molecular flexibility index (Phi) is 6.36. The summed E-state index contributed by atoms with van der Waals surface area (Å²) in [5.41, 5.74) is 0. The SMILES string of the molecule is CC[C@@H](CO)NC(=O)CSC. The number of rotatable bonds is 5. The predicted octanol–water partition coefficient (Wildman–Crippen LogP) is 0.236. The van der Waals surface area contributed by atoms with Crippen molar-refractivity contribution in [2.75, 3.05) is 18.6 Å². The number of carbonyl (C=O) groups excluding carboxylic acids is 1. The maximum absolute atomic E-state index is 10.9. The van der Waals surface area contributed by atoms with Gasteiger partial charge in [0.2, 0.25) is 5.91 Å². The fraction of sp³-hybridized carbons (Fsp3) is 0.857. The molecule has 0 rings (SSSR count). The van der Waals surface area contributed by atoms with Crippen LogP contribution in [0, 0.1) is 0 Å². The molecule has 0 aromatic rings. The summed E-state index contributed by atoms with van der Waals surface area (Å²) in [6.07, 6.45) is 2.65. The van der Waals surface area contributed by atoms with E-state index in [-0.39, 0.29) is 18.6 Å². The van der Waals surface area contributed by atoms with Crippen LogP contribution in [0.5, 0.6) is 0 Å². The van der Waals surface area contributed by atoms with Gasteiger partial charge in [0.25, 0.3) is 0 Å². The number of hydrogen-bond acceptors (Lipinski definition) is 3.